The normalized spacial score (nSPS) is 13.6. The van der Waals surface area contributed by atoms with Crippen LogP contribution in [0.15, 0.2) is 36.8 Å². The molecule has 1 aliphatic heterocycles. The van der Waals surface area contributed by atoms with E-state index in [-0.39, 0.29) is 11.7 Å². The monoisotopic (exact) mass is 308 g/mol. The first kappa shape index (κ1) is 13.7. The molecule has 1 aromatic carbocycles. The average Bonchev–Trinajstić information content (AvgIpc) is 3.25. The number of fused-ring (bicyclic) bond motifs is 1. The van der Waals surface area contributed by atoms with Crippen molar-refractivity contribution in [3.05, 3.63) is 48.4 Å². The number of aromatic nitrogens is 5. The molecule has 2 N–H and O–H groups in total. The molecule has 2 aromatic heterocycles. The van der Waals surface area contributed by atoms with E-state index in [0.29, 0.717) is 5.69 Å². The van der Waals surface area contributed by atoms with Crippen LogP contribution in [0.4, 0.5) is 5.69 Å². The van der Waals surface area contributed by atoms with Gasteiger partial charge >= 0.3 is 0 Å². The van der Waals surface area contributed by atoms with Crippen LogP contribution in [0, 0.1) is 0 Å². The number of nitrogens with zero attached hydrogens (tertiary/aromatic N) is 4. The summed E-state index contributed by atoms with van der Waals surface area (Å²) < 4.78 is 2.20. The Balaban J connectivity index is 1.67. The SMILES string of the molecule is O=C(Nc1ccccc1-c1cn2c(n1)CCCC2)c1ncn[nH]1. The van der Waals surface area contributed by atoms with Crippen molar-refractivity contribution in [3.63, 3.8) is 0 Å². The van der Waals surface area contributed by atoms with Gasteiger partial charge in [-0.15, -0.1) is 0 Å². The minimum atomic E-state index is -0.320. The summed E-state index contributed by atoms with van der Waals surface area (Å²) in [6.07, 6.45) is 6.75. The van der Waals surface area contributed by atoms with Crippen molar-refractivity contribution in [1.82, 2.24) is 24.7 Å². The number of hydrogen-bond acceptors (Lipinski definition) is 4. The van der Waals surface area contributed by atoms with E-state index in [1.165, 1.54) is 19.2 Å². The number of rotatable bonds is 3. The highest BCUT2D eigenvalue weighted by molar-refractivity contribution is 6.03. The topological polar surface area (TPSA) is 88.5 Å². The van der Waals surface area contributed by atoms with Gasteiger partial charge in [-0.2, -0.15) is 5.10 Å². The maximum absolute atomic E-state index is 12.2. The first-order valence-electron chi connectivity index (χ1n) is 7.63. The molecule has 3 aromatic rings. The van der Waals surface area contributed by atoms with E-state index in [2.05, 4.69) is 31.3 Å². The molecule has 7 heteroatoms. The Bertz CT molecular complexity index is 813. The summed E-state index contributed by atoms with van der Waals surface area (Å²) in [5.74, 6) is 0.977. The molecule has 4 rings (SSSR count). The van der Waals surface area contributed by atoms with Gasteiger partial charge < -0.3 is 9.88 Å². The summed E-state index contributed by atoms with van der Waals surface area (Å²) in [6.45, 7) is 1.01. The number of carbonyl (C=O) groups excluding carboxylic acids is 1. The van der Waals surface area contributed by atoms with Gasteiger partial charge in [0.1, 0.15) is 12.2 Å². The Morgan fingerprint density at radius 1 is 1.26 bits per heavy atom. The zero-order valence-corrected chi connectivity index (χ0v) is 12.5. The Kier molecular flexibility index (Phi) is 3.38. The fourth-order valence-electron chi connectivity index (χ4n) is 2.85. The number of H-pyrrole nitrogens is 1. The van der Waals surface area contributed by atoms with Crippen molar-refractivity contribution >= 4 is 11.6 Å². The lowest BCUT2D eigenvalue weighted by Crippen LogP contribution is -2.14. The fraction of sp³-hybridized carbons (Fsp3) is 0.250. The number of hydrogen-bond donors (Lipinski definition) is 2. The standard InChI is InChI=1S/C16H16N6O/c23-16(15-17-10-18-21-15)20-12-6-2-1-5-11(12)13-9-22-8-4-3-7-14(22)19-13/h1-2,5-6,9-10H,3-4,7-8H2,(H,20,23)(H,17,18,21). The van der Waals surface area contributed by atoms with E-state index < -0.39 is 0 Å². The number of aryl methyl sites for hydroxylation is 2. The quantitative estimate of drug-likeness (QED) is 0.776. The van der Waals surface area contributed by atoms with Gasteiger partial charge in [0.05, 0.1) is 11.4 Å². The van der Waals surface area contributed by atoms with Crippen LogP contribution in [0.2, 0.25) is 0 Å². The average molecular weight is 308 g/mol. The van der Waals surface area contributed by atoms with Crippen LogP contribution in [-0.4, -0.2) is 30.6 Å². The number of anilines is 1. The molecule has 0 unspecified atom stereocenters. The number of aromatic amines is 1. The van der Waals surface area contributed by atoms with Gasteiger partial charge in [0.25, 0.3) is 5.91 Å². The fourth-order valence-corrected chi connectivity index (χ4v) is 2.85. The van der Waals surface area contributed by atoms with Crippen LogP contribution in [0.3, 0.4) is 0 Å². The van der Waals surface area contributed by atoms with Crippen molar-refractivity contribution in [2.24, 2.45) is 0 Å². The molecule has 0 atom stereocenters. The summed E-state index contributed by atoms with van der Waals surface area (Å²) >= 11 is 0. The van der Waals surface area contributed by atoms with E-state index in [1.54, 1.807) is 0 Å². The van der Waals surface area contributed by atoms with Crippen LogP contribution in [0.5, 0.6) is 0 Å². The molecule has 0 aliphatic carbocycles. The predicted molar refractivity (Wildman–Crippen MR) is 84.9 cm³/mol. The largest absolute Gasteiger partial charge is 0.334 e. The van der Waals surface area contributed by atoms with Gasteiger partial charge in [-0.25, -0.2) is 9.97 Å². The summed E-state index contributed by atoms with van der Waals surface area (Å²) in [4.78, 5) is 20.8. The molecule has 0 saturated carbocycles. The summed E-state index contributed by atoms with van der Waals surface area (Å²) in [6, 6.07) is 7.65. The van der Waals surface area contributed by atoms with Crippen molar-refractivity contribution in [2.45, 2.75) is 25.8 Å². The van der Waals surface area contributed by atoms with Crippen molar-refractivity contribution < 1.29 is 4.79 Å². The minimum Gasteiger partial charge on any atom is -0.334 e. The molecule has 1 aliphatic rings. The third-order valence-electron chi connectivity index (χ3n) is 3.99. The third kappa shape index (κ3) is 2.61. The zero-order valence-electron chi connectivity index (χ0n) is 12.5. The lowest BCUT2D eigenvalue weighted by Gasteiger charge is -2.11. The third-order valence-corrected chi connectivity index (χ3v) is 3.99. The number of benzene rings is 1. The zero-order chi connectivity index (χ0) is 15.6. The minimum absolute atomic E-state index is 0.184. The van der Waals surface area contributed by atoms with Gasteiger partial charge in [0.2, 0.25) is 5.82 Å². The first-order valence-corrected chi connectivity index (χ1v) is 7.63. The van der Waals surface area contributed by atoms with Gasteiger partial charge in [-0.05, 0) is 18.9 Å². The molecular weight excluding hydrogens is 292 g/mol. The van der Waals surface area contributed by atoms with E-state index in [0.717, 1.165) is 30.0 Å². The number of amides is 1. The van der Waals surface area contributed by atoms with Crippen LogP contribution >= 0.6 is 0 Å². The molecule has 0 bridgehead atoms. The molecule has 116 valence electrons. The summed E-state index contributed by atoms with van der Waals surface area (Å²) in [5, 5.41) is 9.13. The number of imidazole rings is 1. The van der Waals surface area contributed by atoms with E-state index >= 15 is 0 Å². The van der Waals surface area contributed by atoms with Crippen molar-refractivity contribution in [1.29, 1.82) is 0 Å². The second-order valence-electron chi connectivity index (χ2n) is 5.53. The van der Waals surface area contributed by atoms with Gasteiger partial charge in [-0.1, -0.05) is 18.2 Å². The van der Waals surface area contributed by atoms with Gasteiger partial charge in [-0.3, -0.25) is 9.89 Å². The highest BCUT2D eigenvalue weighted by Crippen LogP contribution is 2.29. The van der Waals surface area contributed by atoms with E-state index in [4.69, 9.17) is 4.98 Å². The second kappa shape index (κ2) is 5.68. The molecule has 0 radical (unpaired) electrons. The van der Waals surface area contributed by atoms with Crippen LogP contribution in [0.1, 0.15) is 29.3 Å². The molecule has 0 fully saturated rings. The van der Waals surface area contributed by atoms with E-state index in [1.807, 2.05) is 24.3 Å². The lowest BCUT2D eigenvalue weighted by molar-refractivity contribution is 0.101. The van der Waals surface area contributed by atoms with E-state index in [9.17, 15) is 4.79 Å². The van der Waals surface area contributed by atoms with Crippen LogP contribution in [0.25, 0.3) is 11.3 Å². The van der Waals surface area contributed by atoms with Crippen molar-refractivity contribution in [3.8, 4) is 11.3 Å². The van der Waals surface area contributed by atoms with Crippen LogP contribution in [-0.2, 0) is 13.0 Å². The lowest BCUT2D eigenvalue weighted by atomic mass is 10.1. The Morgan fingerprint density at radius 3 is 3.00 bits per heavy atom. The van der Waals surface area contributed by atoms with Gasteiger partial charge in [0.15, 0.2) is 0 Å². The Morgan fingerprint density at radius 2 is 2.17 bits per heavy atom. The number of para-hydroxylation sites is 1. The Hall–Kier alpha value is -2.96. The van der Waals surface area contributed by atoms with Crippen LogP contribution < -0.4 is 5.32 Å². The smallest absolute Gasteiger partial charge is 0.292 e. The maximum atomic E-state index is 12.2. The molecule has 3 heterocycles. The molecule has 7 nitrogen and oxygen atoms in total. The molecular formula is C16H16N6O. The first-order chi connectivity index (χ1) is 11.3. The molecule has 23 heavy (non-hydrogen) atoms. The second-order valence-corrected chi connectivity index (χ2v) is 5.53. The predicted octanol–water partition coefficient (Wildman–Crippen LogP) is 2.26. The summed E-state index contributed by atoms with van der Waals surface area (Å²) in [5.41, 5.74) is 2.50. The molecule has 0 saturated heterocycles. The summed E-state index contributed by atoms with van der Waals surface area (Å²) in [7, 11) is 0. The maximum Gasteiger partial charge on any atom is 0.292 e. The molecule has 0 spiro atoms. The van der Waals surface area contributed by atoms with Gasteiger partial charge in [0, 0.05) is 24.7 Å². The highest BCUT2D eigenvalue weighted by atomic mass is 16.2. The van der Waals surface area contributed by atoms with Crippen molar-refractivity contribution in [2.75, 3.05) is 5.32 Å². The molecule has 1 amide bonds. The Labute approximate surface area is 132 Å². The highest BCUT2D eigenvalue weighted by Gasteiger charge is 2.17. The number of carbonyl (C=O) groups is 1. The number of nitrogens with one attached hydrogen (secondary N) is 2.